The van der Waals surface area contributed by atoms with Crippen molar-refractivity contribution in [2.75, 3.05) is 0 Å². The summed E-state index contributed by atoms with van der Waals surface area (Å²) in [6.45, 7) is 4.24. The lowest BCUT2D eigenvalue weighted by Gasteiger charge is -2.14. The molecule has 0 aliphatic rings. The van der Waals surface area contributed by atoms with E-state index in [1.54, 1.807) is 12.1 Å². The Morgan fingerprint density at radius 3 is 2.67 bits per heavy atom. The number of fused-ring (bicyclic) bond motifs is 1. The fraction of sp³-hybridized carbons (Fsp3) is 0.235. The third-order valence-corrected chi connectivity index (χ3v) is 3.83. The molecule has 0 saturated carbocycles. The molecule has 0 fully saturated rings. The SMILES string of the molecule is CC(C)n1c(Cc2cccc(O)c2)nc2cccc(Cl)c21. The second kappa shape index (κ2) is 5.41. The number of nitrogens with zero attached hydrogens (tertiary/aromatic N) is 2. The van der Waals surface area contributed by atoms with Gasteiger partial charge in [0.1, 0.15) is 11.6 Å². The second-order valence-electron chi connectivity index (χ2n) is 5.45. The topological polar surface area (TPSA) is 38.0 Å². The number of para-hydroxylation sites is 1. The maximum atomic E-state index is 9.61. The van der Waals surface area contributed by atoms with Crippen LogP contribution in [-0.2, 0) is 6.42 Å². The number of imidazole rings is 1. The number of benzene rings is 2. The largest absolute Gasteiger partial charge is 0.508 e. The Bertz CT molecular complexity index is 793. The van der Waals surface area contributed by atoms with Gasteiger partial charge in [0.15, 0.2) is 0 Å². The van der Waals surface area contributed by atoms with E-state index in [4.69, 9.17) is 16.6 Å². The molecule has 0 saturated heterocycles. The van der Waals surface area contributed by atoms with Crippen LogP contribution in [-0.4, -0.2) is 14.7 Å². The van der Waals surface area contributed by atoms with E-state index in [1.807, 2.05) is 30.3 Å². The van der Waals surface area contributed by atoms with E-state index in [1.165, 1.54) is 0 Å². The lowest BCUT2D eigenvalue weighted by molar-refractivity contribution is 0.474. The first-order chi connectivity index (χ1) is 10.1. The highest BCUT2D eigenvalue weighted by molar-refractivity contribution is 6.35. The molecule has 4 heteroatoms. The van der Waals surface area contributed by atoms with Crippen molar-refractivity contribution in [2.24, 2.45) is 0 Å². The highest BCUT2D eigenvalue weighted by Gasteiger charge is 2.15. The molecule has 2 aromatic carbocycles. The third-order valence-electron chi connectivity index (χ3n) is 3.52. The minimum absolute atomic E-state index is 0.266. The number of aromatic nitrogens is 2. The molecule has 0 radical (unpaired) electrons. The first-order valence-corrected chi connectivity index (χ1v) is 7.37. The van der Waals surface area contributed by atoms with Gasteiger partial charge in [-0.25, -0.2) is 4.98 Å². The molecule has 0 bridgehead atoms. The van der Waals surface area contributed by atoms with E-state index in [-0.39, 0.29) is 11.8 Å². The monoisotopic (exact) mass is 300 g/mol. The third kappa shape index (κ3) is 2.61. The second-order valence-corrected chi connectivity index (χ2v) is 5.85. The molecule has 0 atom stereocenters. The van der Waals surface area contributed by atoms with E-state index < -0.39 is 0 Å². The first kappa shape index (κ1) is 14.0. The van der Waals surface area contributed by atoms with Gasteiger partial charge in [0.2, 0.25) is 0 Å². The van der Waals surface area contributed by atoms with Gasteiger partial charge in [-0.2, -0.15) is 0 Å². The average Bonchev–Trinajstić information content (AvgIpc) is 2.78. The molecule has 0 amide bonds. The van der Waals surface area contributed by atoms with Crippen molar-refractivity contribution in [3.8, 4) is 5.75 Å². The van der Waals surface area contributed by atoms with Crippen LogP contribution in [0.1, 0.15) is 31.3 Å². The maximum Gasteiger partial charge on any atom is 0.115 e. The van der Waals surface area contributed by atoms with Gasteiger partial charge in [0, 0.05) is 12.5 Å². The van der Waals surface area contributed by atoms with Crippen LogP contribution < -0.4 is 0 Å². The Labute approximate surface area is 128 Å². The Hall–Kier alpha value is -2.00. The fourth-order valence-corrected chi connectivity index (χ4v) is 2.95. The Morgan fingerprint density at radius 1 is 1.19 bits per heavy atom. The Balaban J connectivity index is 2.14. The van der Waals surface area contributed by atoms with Gasteiger partial charge in [-0.1, -0.05) is 29.8 Å². The average molecular weight is 301 g/mol. The first-order valence-electron chi connectivity index (χ1n) is 6.99. The highest BCUT2D eigenvalue weighted by atomic mass is 35.5. The van der Waals surface area contributed by atoms with Gasteiger partial charge in [-0.3, -0.25) is 0 Å². The standard InChI is InChI=1S/C17H17ClN2O/c1-11(2)20-16(10-12-5-3-6-13(21)9-12)19-15-8-4-7-14(18)17(15)20/h3-9,11,21H,10H2,1-2H3. The summed E-state index contributed by atoms with van der Waals surface area (Å²) in [5.41, 5.74) is 2.92. The zero-order valence-electron chi connectivity index (χ0n) is 12.0. The molecular formula is C17H17ClN2O. The van der Waals surface area contributed by atoms with Gasteiger partial charge in [-0.15, -0.1) is 0 Å². The Kier molecular flexibility index (Phi) is 3.60. The minimum atomic E-state index is 0.266. The minimum Gasteiger partial charge on any atom is -0.508 e. The van der Waals surface area contributed by atoms with Gasteiger partial charge >= 0.3 is 0 Å². The number of phenols is 1. The molecule has 3 rings (SSSR count). The van der Waals surface area contributed by atoms with Crippen LogP contribution in [0.2, 0.25) is 5.02 Å². The number of halogens is 1. The quantitative estimate of drug-likeness (QED) is 0.769. The van der Waals surface area contributed by atoms with Crippen LogP contribution in [0.25, 0.3) is 11.0 Å². The van der Waals surface area contributed by atoms with Crippen molar-refractivity contribution >= 4 is 22.6 Å². The summed E-state index contributed by atoms with van der Waals surface area (Å²) in [5, 5.41) is 10.3. The maximum absolute atomic E-state index is 9.61. The van der Waals surface area contributed by atoms with Gasteiger partial charge < -0.3 is 9.67 Å². The van der Waals surface area contributed by atoms with Crippen molar-refractivity contribution < 1.29 is 5.11 Å². The molecule has 108 valence electrons. The molecule has 0 aliphatic heterocycles. The molecule has 0 aliphatic carbocycles. The number of hydrogen-bond acceptors (Lipinski definition) is 2. The van der Waals surface area contributed by atoms with E-state index >= 15 is 0 Å². The summed E-state index contributed by atoms with van der Waals surface area (Å²) in [6, 6.07) is 13.3. The van der Waals surface area contributed by atoms with Gasteiger partial charge in [0.05, 0.1) is 16.1 Å². The molecule has 0 unspecified atom stereocenters. The summed E-state index contributed by atoms with van der Waals surface area (Å²) in [6.07, 6.45) is 0.664. The smallest absolute Gasteiger partial charge is 0.115 e. The summed E-state index contributed by atoms with van der Waals surface area (Å²) in [4.78, 5) is 4.72. The van der Waals surface area contributed by atoms with Crippen LogP contribution in [0, 0.1) is 0 Å². The number of rotatable bonds is 3. The van der Waals surface area contributed by atoms with E-state index in [2.05, 4.69) is 18.4 Å². The van der Waals surface area contributed by atoms with Crippen LogP contribution in [0.15, 0.2) is 42.5 Å². The number of hydrogen-bond donors (Lipinski definition) is 1. The van der Waals surface area contributed by atoms with Gasteiger partial charge in [0.25, 0.3) is 0 Å². The molecule has 1 aromatic heterocycles. The lowest BCUT2D eigenvalue weighted by Crippen LogP contribution is -2.07. The van der Waals surface area contributed by atoms with Gasteiger partial charge in [-0.05, 0) is 43.7 Å². The lowest BCUT2D eigenvalue weighted by atomic mass is 10.1. The fourth-order valence-electron chi connectivity index (χ4n) is 2.68. The summed E-state index contributed by atoms with van der Waals surface area (Å²) in [7, 11) is 0. The van der Waals surface area contributed by atoms with E-state index in [0.717, 1.165) is 27.4 Å². The normalized spacial score (nSPS) is 11.4. The predicted molar refractivity (Wildman–Crippen MR) is 86.0 cm³/mol. The molecular weight excluding hydrogens is 284 g/mol. The molecule has 0 spiro atoms. The van der Waals surface area contributed by atoms with Crippen LogP contribution in [0.4, 0.5) is 0 Å². The van der Waals surface area contributed by atoms with Crippen molar-refractivity contribution in [3.63, 3.8) is 0 Å². The van der Waals surface area contributed by atoms with Crippen molar-refractivity contribution in [2.45, 2.75) is 26.3 Å². The highest BCUT2D eigenvalue weighted by Crippen LogP contribution is 2.29. The van der Waals surface area contributed by atoms with Crippen molar-refractivity contribution in [1.82, 2.24) is 9.55 Å². The molecule has 3 nitrogen and oxygen atoms in total. The van der Waals surface area contributed by atoms with E-state index in [0.29, 0.717) is 6.42 Å². The van der Waals surface area contributed by atoms with Crippen LogP contribution >= 0.6 is 11.6 Å². The summed E-state index contributed by atoms with van der Waals surface area (Å²) >= 11 is 6.35. The number of aromatic hydroxyl groups is 1. The summed E-state index contributed by atoms with van der Waals surface area (Å²) in [5.74, 6) is 1.23. The van der Waals surface area contributed by atoms with Crippen molar-refractivity contribution in [1.29, 1.82) is 0 Å². The number of phenolic OH excluding ortho intramolecular Hbond substituents is 1. The molecule has 1 heterocycles. The zero-order valence-corrected chi connectivity index (χ0v) is 12.8. The van der Waals surface area contributed by atoms with Crippen molar-refractivity contribution in [3.05, 3.63) is 58.9 Å². The van der Waals surface area contributed by atoms with Crippen LogP contribution in [0.3, 0.4) is 0 Å². The Morgan fingerprint density at radius 2 is 1.95 bits per heavy atom. The van der Waals surface area contributed by atoms with E-state index in [9.17, 15) is 5.11 Å². The molecule has 21 heavy (non-hydrogen) atoms. The molecule has 3 aromatic rings. The molecule has 1 N–H and O–H groups in total. The predicted octanol–water partition coefficient (Wildman–Crippen LogP) is 4.57. The summed E-state index contributed by atoms with van der Waals surface area (Å²) < 4.78 is 2.17. The zero-order chi connectivity index (χ0) is 15.0. The van der Waals surface area contributed by atoms with Crippen LogP contribution in [0.5, 0.6) is 5.75 Å².